The van der Waals surface area contributed by atoms with Gasteiger partial charge in [0.1, 0.15) is 0 Å². The molecule has 1 atom stereocenters. The minimum Gasteiger partial charge on any atom is -0.374 e. The number of nitrogens with zero attached hydrogens (tertiary/aromatic N) is 1. The zero-order chi connectivity index (χ0) is 10.1. The monoisotopic (exact) mass is 207 g/mol. The maximum atomic E-state index is 11.1. The number of hydrogen-bond donors (Lipinski definition) is 0. The Bertz CT molecular complexity index is 261. The lowest BCUT2D eigenvalue weighted by molar-refractivity contribution is 0.0173. The highest BCUT2D eigenvalue weighted by molar-refractivity contribution is 7.88. The summed E-state index contributed by atoms with van der Waals surface area (Å²) < 4.78 is 29.3. The Hall–Kier alpha value is -0.130. The maximum Gasteiger partial charge on any atom is 0.211 e. The fourth-order valence-corrected chi connectivity index (χ4v) is 2.37. The summed E-state index contributed by atoms with van der Waals surface area (Å²) >= 11 is 0. The normalized spacial score (nSPS) is 25.7. The van der Waals surface area contributed by atoms with Crippen LogP contribution in [0.15, 0.2) is 0 Å². The summed E-state index contributed by atoms with van der Waals surface area (Å²) in [5.74, 6) is 0. The Labute approximate surface area is 79.9 Å². The van der Waals surface area contributed by atoms with Crippen LogP contribution in [-0.2, 0) is 14.8 Å². The van der Waals surface area contributed by atoms with Gasteiger partial charge in [-0.25, -0.2) is 8.42 Å². The molecule has 0 bridgehead atoms. The number of ether oxygens (including phenoxy) is 1. The van der Waals surface area contributed by atoms with E-state index in [2.05, 4.69) is 0 Å². The van der Waals surface area contributed by atoms with Crippen molar-refractivity contribution in [1.29, 1.82) is 0 Å². The molecule has 0 aliphatic carbocycles. The Balaban J connectivity index is 2.46. The second-order valence-corrected chi connectivity index (χ2v) is 5.70. The van der Waals surface area contributed by atoms with Gasteiger partial charge in [-0.05, 0) is 20.3 Å². The largest absolute Gasteiger partial charge is 0.374 e. The highest BCUT2D eigenvalue weighted by Gasteiger charge is 2.29. The first-order chi connectivity index (χ1) is 5.89. The molecule has 1 aliphatic rings. The van der Waals surface area contributed by atoms with Gasteiger partial charge in [0.2, 0.25) is 10.0 Å². The molecule has 1 heterocycles. The molecule has 78 valence electrons. The molecule has 13 heavy (non-hydrogen) atoms. The molecule has 5 heteroatoms. The van der Waals surface area contributed by atoms with E-state index in [0.717, 1.165) is 6.42 Å². The van der Waals surface area contributed by atoms with Crippen LogP contribution in [0.25, 0.3) is 0 Å². The van der Waals surface area contributed by atoms with Crippen LogP contribution in [0.4, 0.5) is 0 Å². The molecule has 0 amide bonds. The van der Waals surface area contributed by atoms with Gasteiger partial charge < -0.3 is 4.74 Å². The highest BCUT2D eigenvalue weighted by Crippen LogP contribution is 2.16. The van der Waals surface area contributed by atoms with Crippen molar-refractivity contribution in [3.05, 3.63) is 0 Å². The molecule has 4 nitrogen and oxygen atoms in total. The minimum absolute atomic E-state index is 0.0784. The Morgan fingerprint density at radius 2 is 2.08 bits per heavy atom. The van der Waals surface area contributed by atoms with E-state index in [9.17, 15) is 8.42 Å². The van der Waals surface area contributed by atoms with Crippen molar-refractivity contribution in [2.75, 3.05) is 19.3 Å². The van der Waals surface area contributed by atoms with E-state index in [-0.39, 0.29) is 12.2 Å². The molecule has 0 saturated carbocycles. The third-order valence-electron chi connectivity index (χ3n) is 2.04. The fourth-order valence-electron chi connectivity index (χ4n) is 1.49. The van der Waals surface area contributed by atoms with Gasteiger partial charge in [0.25, 0.3) is 0 Å². The van der Waals surface area contributed by atoms with E-state index < -0.39 is 10.0 Å². The van der Waals surface area contributed by atoms with Crippen LogP contribution in [0.1, 0.15) is 20.3 Å². The first-order valence-corrected chi connectivity index (χ1v) is 6.35. The maximum absolute atomic E-state index is 11.1. The second kappa shape index (κ2) is 3.94. The second-order valence-electron chi connectivity index (χ2n) is 3.72. The summed E-state index contributed by atoms with van der Waals surface area (Å²) in [5, 5.41) is 0. The van der Waals surface area contributed by atoms with Crippen molar-refractivity contribution >= 4 is 10.0 Å². The van der Waals surface area contributed by atoms with Crippen LogP contribution in [0, 0.1) is 0 Å². The zero-order valence-corrected chi connectivity index (χ0v) is 9.17. The van der Waals surface area contributed by atoms with Crippen molar-refractivity contribution in [3.63, 3.8) is 0 Å². The molecule has 1 rings (SSSR count). The van der Waals surface area contributed by atoms with E-state index >= 15 is 0 Å². The standard InChI is InChI=1S/C8H17NO3S/c1-7(2)12-8-4-5-9(6-8)13(3,10)11/h7-8H,4-6H2,1-3H3/t8-/m1/s1. The van der Waals surface area contributed by atoms with Crippen molar-refractivity contribution in [2.24, 2.45) is 0 Å². The van der Waals surface area contributed by atoms with Crippen LogP contribution >= 0.6 is 0 Å². The lowest BCUT2D eigenvalue weighted by Crippen LogP contribution is -2.29. The van der Waals surface area contributed by atoms with Gasteiger partial charge in [0, 0.05) is 13.1 Å². The predicted molar refractivity (Wildman–Crippen MR) is 51.0 cm³/mol. The minimum atomic E-state index is -3.02. The van der Waals surface area contributed by atoms with Gasteiger partial charge in [-0.3, -0.25) is 0 Å². The number of hydrogen-bond acceptors (Lipinski definition) is 3. The third kappa shape index (κ3) is 3.25. The lowest BCUT2D eigenvalue weighted by atomic mass is 10.3. The summed E-state index contributed by atoms with van der Waals surface area (Å²) in [6.07, 6.45) is 2.30. The first kappa shape index (κ1) is 10.9. The average molecular weight is 207 g/mol. The molecule has 0 radical (unpaired) electrons. The quantitative estimate of drug-likeness (QED) is 0.675. The molecular formula is C8H17NO3S. The SMILES string of the molecule is CC(C)O[C@@H]1CCN(S(C)(=O)=O)C1. The Morgan fingerprint density at radius 1 is 1.46 bits per heavy atom. The third-order valence-corrected chi connectivity index (χ3v) is 3.31. The van der Waals surface area contributed by atoms with Crippen LogP contribution in [0.2, 0.25) is 0 Å². The topological polar surface area (TPSA) is 46.6 Å². The van der Waals surface area contributed by atoms with Gasteiger partial charge in [0.05, 0.1) is 18.5 Å². The van der Waals surface area contributed by atoms with Gasteiger partial charge >= 0.3 is 0 Å². The molecule has 0 aromatic heterocycles. The van der Waals surface area contributed by atoms with E-state index in [1.54, 1.807) is 0 Å². The van der Waals surface area contributed by atoms with Gasteiger partial charge in [0.15, 0.2) is 0 Å². The lowest BCUT2D eigenvalue weighted by Gasteiger charge is -2.15. The smallest absolute Gasteiger partial charge is 0.211 e. The molecule has 0 spiro atoms. The Kier molecular flexibility index (Phi) is 3.32. The molecule has 0 aromatic rings. The Morgan fingerprint density at radius 3 is 2.46 bits per heavy atom. The first-order valence-electron chi connectivity index (χ1n) is 4.50. The van der Waals surface area contributed by atoms with Gasteiger partial charge in [-0.15, -0.1) is 0 Å². The van der Waals surface area contributed by atoms with Crippen molar-refractivity contribution in [1.82, 2.24) is 4.31 Å². The fraction of sp³-hybridized carbons (Fsp3) is 1.00. The summed E-state index contributed by atoms with van der Waals surface area (Å²) in [4.78, 5) is 0. The summed E-state index contributed by atoms with van der Waals surface area (Å²) in [6.45, 7) is 5.03. The van der Waals surface area contributed by atoms with Crippen LogP contribution < -0.4 is 0 Å². The number of sulfonamides is 1. The zero-order valence-electron chi connectivity index (χ0n) is 8.36. The van der Waals surface area contributed by atoms with Crippen LogP contribution in [0.3, 0.4) is 0 Å². The summed E-state index contributed by atoms with van der Waals surface area (Å²) in [6, 6.07) is 0. The van der Waals surface area contributed by atoms with E-state index in [4.69, 9.17) is 4.74 Å². The molecule has 0 N–H and O–H groups in total. The van der Waals surface area contributed by atoms with E-state index in [0.29, 0.717) is 13.1 Å². The molecule has 0 unspecified atom stereocenters. The van der Waals surface area contributed by atoms with Gasteiger partial charge in [-0.2, -0.15) is 4.31 Å². The summed E-state index contributed by atoms with van der Waals surface area (Å²) in [5.41, 5.74) is 0. The predicted octanol–water partition coefficient (Wildman–Crippen LogP) is 0.445. The molecule has 1 aliphatic heterocycles. The van der Waals surface area contributed by atoms with Crippen molar-refractivity contribution in [3.8, 4) is 0 Å². The number of rotatable bonds is 3. The molecule has 1 saturated heterocycles. The van der Waals surface area contributed by atoms with Gasteiger partial charge in [-0.1, -0.05) is 0 Å². The molecule has 1 fully saturated rings. The van der Waals surface area contributed by atoms with Crippen molar-refractivity contribution in [2.45, 2.75) is 32.5 Å². The molecule has 0 aromatic carbocycles. The van der Waals surface area contributed by atoms with Crippen LogP contribution in [-0.4, -0.2) is 44.3 Å². The average Bonchev–Trinajstić information content (AvgIpc) is 2.32. The van der Waals surface area contributed by atoms with Crippen molar-refractivity contribution < 1.29 is 13.2 Å². The van der Waals surface area contributed by atoms with E-state index in [1.165, 1.54) is 10.6 Å². The highest BCUT2D eigenvalue weighted by atomic mass is 32.2. The van der Waals surface area contributed by atoms with Crippen LogP contribution in [0.5, 0.6) is 0 Å². The molecular weight excluding hydrogens is 190 g/mol. The van der Waals surface area contributed by atoms with E-state index in [1.807, 2.05) is 13.8 Å². The summed E-state index contributed by atoms with van der Waals surface area (Å²) in [7, 11) is -3.02.